The molecule has 0 saturated heterocycles. The number of carbonyl (C=O) groups is 1. The molecular weight excluding hydrogens is 420 g/mol. The van der Waals surface area contributed by atoms with Gasteiger partial charge in [-0.25, -0.2) is 8.42 Å². The van der Waals surface area contributed by atoms with E-state index in [2.05, 4.69) is 5.32 Å². The molecule has 3 aromatic carbocycles. The second-order valence-corrected chi connectivity index (χ2v) is 9.02. The first-order chi connectivity index (χ1) is 14.5. The van der Waals surface area contributed by atoms with Crippen LogP contribution in [0.3, 0.4) is 0 Å². The summed E-state index contributed by atoms with van der Waals surface area (Å²) >= 11 is 1.55. The number of para-hydroxylation sites is 2. The van der Waals surface area contributed by atoms with Crippen LogP contribution in [0.25, 0.3) is 0 Å². The number of thioether (sulfide) groups is 1. The average molecular weight is 443 g/mol. The van der Waals surface area contributed by atoms with Crippen molar-refractivity contribution < 1.29 is 17.9 Å². The number of nitrogens with one attached hydrogen (secondary N) is 1. The summed E-state index contributed by atoms with van der Waals surface area (Å²) in [6.07, 6.45) is 1.94. The number of sulfonamides is 1. The van der Waals surface area contributed by atoms with E-state index in [1.807, 2.05) is 24.5 Å². The van der Waals surface area contributed by atoms with Crippen molar-refractivity contribution in [2.75, 3.05) is 29.5 Å². The molecule has 0 saturated carbocycles. The molecule has 0 aliphatic heterocycles. The number of hydrogen-bond acceptors (Lipinski definition) is 5. The minimum Gasteiger partial charge on any atom is -0.495 e. The highest BCUT2D eigenvalue weighted by Crippen LogP contribution is 2.32. The van der Waals surface area contributed by atoms with Crippen LogP contribution in [0.1, 0.15) is 0 Å². The molecule has 0 aliphatic rings. The van der Waals surface area contributed by atoms with Crippen LogP contribution in [0, 0.1) is 0 Å². The Morgan fingerprint density at radius 1 is 1.00 bits per heavy atom. The smallest absolute Gasteiger partial charge is 0.264 e. The first-order valence-corrected chi connectivity index (χ1v) is 11.8. The number of anilines is 2. The van der Waals surface area contributed by atoms with E-state index in [-0.39, 0.29) is 10.6 Å². The maximum absolute atomic E-state index is 13.4. The van der Waals surface area contributed by atoms with Gasteiger partial charge in [-0.15, -0.1) is 11.8 Å². The van der Waals surface area contributed by atoms with Gasteiger partial charge in [0.15, 0.2) is 0 Å². The number of hydrogen-bond donors (Lipinski definition) is 1. The molecule has 156 valence electrons. The molecule has 0 aliphatic carbocycles. The number of carbonyl (C=O) groups excluding carboxylic acids is 1. The van der Waals surface area contributed by atoms with Crippen molar-refractivity contribution in [3.05, 3.63) is 78.9 Å². The zero-order valence-electron chi connectivity index (χ0n) is 16.6. The SMILES string of the molecule is COc1ccccc1N(CC(=O)Nc1cccc(SC)c1)S(=O)(=O)c1ccccc1. The fraction of sp³-hybridized carbons (Fsp3) is 0.136. The van der Waals surface area contributed by atoms with Gasteiger partial charge in [0.1, 0.15) is 12.3 Å². The summed E-state index contributed by atoms with van der Waals surface area (Å²) in [7, 11) is -2.54. The van der Waals surface area contributed by atoms with E-state index in [9.17, 15) is 13.2 Å². The van der Waals surface area contributed by atoms with E-state index in [0.29, 0.717) is 11.4 Å². The third kappa shape index (κ3) is 4.95. The lowest BCUT2D eigenvalue weighted by atomic mass is 10.3. The molecule has 3 rings (SSSR count). The molecule has 8 heteroatoms. The van der Waals surface area contributed by atoms with Gasteiger partial charge in [-0.1, -0.05) is 36.4 Å². The normalized spacial score (nSPS) is 11.0. The van der Waals surface area contributed by atoms with Crippen molar-refractivity contribution in [2.45, 2.75) is 9.79 Å². The highest BCUT2D eigenvalue weighted by molar-refractivity contribution is 7.98. The predicted molar refractivity (Wildman–Crippen MR) is 121 cm³/mol. The molecule has 0 radical (unpaired) electrons. The monoisotopic (exact) mass is 442 g/mol. The van der Waals surface area contributed by atoms with Gasteiger partial charge in [0.25, 0.3) is 10.0 Å². The summed E-state index contributed by atoms with van der Waals surface area (Å²) in [5.41, 5.74) is 0.890. The molecule has 6 nitrogen and oxygen atoms in total. The largest absolute Gasteiger partial charge is 0.495 e. The minimum atomic E-state index is -4.00. The summed E-state index contributed by atoms with van der Waals surface area (Å²) in [6.45, 7) is -0.402. The number of benzene rings is 3. The minimum absolute atomic E-state index is 0.0908. The Hall–Kier alpha value is -2.97. The average Bonchev–Trinajstić information content (AvgIpc) is 2.78. The summed E-state index contributed by atoms with van der Waals surface area (Å²) < 4.78 is 33.2. The number of methoxy groups -OCH3 is 1. The van der Waals surface area contributed by atoms with E-state index in [1.54, 1.807) is 60.3 Å². The van der Waals surface area contributed by atoms with Crippen molar-refractivity contribution in [1.29, 1.82) is 0 Å². The molecule has 1 N–H and O–H groups in total. The Bertz CT molecular complexity index is 1120. The number of amides is 1. The molecule has 1 amide bonds. The molecule has 0 fully saturated rings. The quantitative estimate of drug-likeness (QED) is 0.528. The van der Waals surface area contributed by atoms with Crippen LogP contribution in [0.4, 0.5) is 11.4 Å². The second kappa shape index (κ2) is 9.69. The lowest BCUT2D eigenvalue weighted by Gasteiger charge is -2.25. The van der Waals surface area contributed by atoms with Gasteiger partial charge < -0.3 is 10.1 Å². The Labute approximate surface area is 180 Å². The zero-order chi connectivity index (χ0) is 21.6. The molecule has 30 heavy (non-hydrogen) atoms. The van der Waals surface area contributed by atoms with E-state index >= 15 is 0 Å². The zero-order valence-corrected chi connectivity index (χ0v) is 18.2. The number of rotatable bonds is 8. The van der Waals surface area contributed by atoms with Gasteiger partial charge in [-0.2, -0.15) is 0 Å². The fourth-order valence-electron chi connectivity index (χ4n) is 2.89. The van der Waals surface area contributed by atoms with Crippen LogP contribution < -0.4 is 14.4 Å². The van der Waals surface area contributed by atoms with Crippen molar-refractivity contribution in [1.82, 2.24) is 0 Å². The van der Waals surface area contributed by atoms with E-state index in [0.717, 1.165) is 9.20 Å². The highest BCUT2D eigenvalue weighted by Gasteiger charge is 2.29. The molecule has 0 heterocycles. The van der Waals surface area contributed by atoms with Crippen LogP contribution >= 0.6 is 11.8 Å². The topological polar surface area (TPSA) is 75.7 Å². The van der Waals surface area contributed by atoms with Gasteiger partial charge in [0.05, 0.1) is 17.7 Å². The van der Waals surface area contributed by atoms with Gasteiger partial charge in [-0.3, -0.25) is 9.10 Å². The van der Waals surface area contributed by atoms with Crippen LogP contribution in [0.2, 0.25) is 0 Å². The second-order valence-electron chi connectivity index (χ2n) is 6.28. The molecule has 3 aromatic rings. The Morgan fingerprint density at radius 3 is 2.40 bits per heavy atom. The standard InChI is InChI=1S/C22H22N2O4S2/c1-28-21-14-7-6-13-20(21)24(30(26,27)19-11-4-3-5-12-19)16-22(25)23-17-9-8-10-18(15-17)29-2/h3-15H,16H2,1-2H3,(H,23,25). The van der Waals surface area contributed by atoms with Crippen molar-refractivity contribution in [3.63, 3.8) is 0 Å². The summed E-state index contributed by atoms with van der Waals surface area (Å²) in [5, 5.41) is 2.78. The Balaban J connectivity index is 1.96. The van der Waals surface area contributed by atoms with Gasteiger partial charge >= 0.3 is 0 Å². The maximum atomic E-state index is 13.4. The number of nitrogens with zero attached hydrogens (tertiary/aromatic N) is 1. The van der Waals surface area contributed by atoms with Crippen molar-refractivity contribution in [3.8, 4) is 5.75 Å². The molecule has 0 atom stereocenters. The van der Waals surface area contributed by atoms with E-state index in [4.69, 9.17) is 4.74 Å². The Morgan fingerprint density at radius 2 is 1.70 bits per heavy atom. The van der Waals surface area contributed by atoms with Crippen LogP contribution in [0.5, 0.6) is 5.75 Å². The van der Waals surface area contributed by atoms with Gasteiger partial charge in [0.2, 0.25) is 5.91 Å². The maximum Gasteiger partial charge on any atom is 0.264 e. The molecule has 0 spiro atoms. The first kappa shape index (κ1) is 21.7. The summed E-state index contributed by atoms with van der Waals surface area (Å²) in [6, 6.07) is 22.1. The van der Waals surface area contributed by atoms with Crippen LogP contribution in [-0.2, 0) is 14.8 Å². The predicted octanol–water partition coefficient (Wildman–Crippen LogP) is 4.25. The highest BCUT2D eigenvalue weighted by atomic mass is 32.2. The first-order valence-electron chi connectivity index (χ1n) is 9.10. The van der Waals surface area contributed by atoms with Crippen LogP contribution in [0.15, 0.2) is 88.7 Å². The van der Waals surface area contributed by atoms with E-state index in [1.165, 1.54) is 19.2 Å². The third-order valence-electron chi connectivity index (χ3n) is 4.33. The van der Waals surface area contributed by atoms with Crippen molar-refractivity contribution >= 4 is 39.1 Å². The van der Waals surface area contributed by atoms with Gasteiger partial charge in [-0.05, 0) is 48.7 Å². The lowest BCUT2D eigenvalue weighted by Crippen LogP contribution is -2.38. The molecule has 0 aromatic heterocycles. The molecular formula is C22H22N2O4S2. The number of ether oxygens (including phenoxy) is 1. The molecule has 0 bridgehead atoms. The lowest BCUT2D eigenvalue weighted by molar-refractivity contribution is -0.114. The van der Waals surface area contributed by atoms with Crippen molar-refractivity contribution in [2.24, 2.45) is 0 Å². The fourth-order valence-corrected chi connectivity index (χ4v) is 4.80. The Kier molecular flexibility index (Phi) is 7.02. The van der Waals surface area contributed by atoms with Crippen LogP contribution in [-0.4, -0.2) is 34.2 Å². The third-order valence-corrected chi connectivity index (χ3v) is 6.83. The van der Waals surface area contributed by atoms with Gasteiger partial charge in [0, 0.05) is 10.6 Å². The van der Waals surface area contributed by atoms with E-state index < -0.39 is 22.5 Å². The summed E-state index contributed by atoms with van der Waals surface area (Å²) in [4.78, 5) is 13.9. The summed E-state index contributed by atoms with van der Waals surface area (Å²) in [5.74, 6) is -0.104. The molecule has 0 unspecified atom stereocenters.